The van der Waals surface area contributed by atoms with Crippen LogP contribution in [0.5, 0.6) is 0 Å². The van der Waals surface area contributed by atoms with Crippen molar-refractivity contribution in [2.24, 2.45) is 0 Å². The van der Waals surface area contributed by atoms with Crippen molar-refractivity contribution in [3.63, 3.8) is 0 Å². The molecule has 3 rings (SSSR count). The van der Waals surface area contributed by atoms with Gasteiger partial charge in [0.25, 0.3) is 0 Å². The van der Waals surface area contributed by atoms with Crippen LogP contribution in [0.2, 0.25) is 0 Å². The lowest BCUT2D eigenvalue weighted by Crippen LogP contribution is -2.22. The number of carboxylic acid groups (broad SMARTS) is 1. The molecule has 0 amide bonds. The summed E-state index contributed by atoms with van der Waals surface area (Å²) in [6.45, 7) is 1.64. The number of aromatic nitrogens is 1. The monoisotopic (exact) mass is 283 g/mol. The molecule has 0 saturated carbocycles. The number of carbonyl (C=O) groups is 1. The van der Waals surface area contributed by atoms with Gasteiger partial charge in [0.15, 0.2) is 5.82 Å². The van der Waals surface area contributed by atoms with E-state index in [0.29, 0.717) is 11.7 Å². The normalized spacial score (nSPS) is 17.9. The van der Waals surface area contributed by atoms with Crippen LogP contribution in [0.4, 0.5) is 11.5 Å². The first-order valence-corrected chi connectivity index (χ1v) is 6.94. The van der Waals surface area contributed by atoms with Crippen LogP contribution in [-0.2, 0) is 0 Å². The molecule has 1 aromatic carbocycles. The fourth-order valence-corrected chi connectivity index (χ4v) is 2.85. The van der Waals surface area contributed by atoms with Gasteiger partial charge in [-0.25, -0.2) is 9.78 Å². The molecule has 0 aliphatic carbocycles. The van der Waals surface area contributed by atoms with Gasteiger partial charge in [-0.2, -0.15) is 0 Å². The Kier molecular flexibility index (Phi) is 3.48. The highest BCUT2D eigenvalue weighted by Crippen LogP contribution is 2.33. The summed E-state index contributed by atoms with van der Waals surface area (Å²) < 4.78 is 0. The highest BCUT2D eigenvalue weighted by molar-refractivity contribution is 5.96. The maximum Gasteiger partial charge on any atom is 0.337 e. The number of carboxylic acids is 1. The van der Waals surface area contributed by atoms with Gasteiger partial charge in [0, 0.05) is 25.2 Å². The molecule has 1 saturated heterocycles. The first kappa shape index (κ1) is 13.4. The van der Waals surface area contributed by atoms with Gasteiger partial charge in [-0.05, 0) is 18.1 Å². The molecule has 1 aliphatic heterocycles. The molecule has 0 radical (unpaired) electrons. The van der Waals surface area contributed by atoms with Crippen molar-refractivity contribution >= 4 is 17.5 Å². The van der Waals surface area contributed by atoms with Crippen molar-refractivity contribution < 1.29 is 9.90 Å². The van der Waals surface area contributed by atoms with Gasteiger partial charge in [0.1, 0.15) is 0 Å². The largest absolute Gasteiger partial charge is 0.478 e. The van der Waals surface area contributed by atoms with E-state index in [2.05, 4.69) is 22.0 Å². The molecular formula is C16H17N3O2. The highest BCUT2D eigenvalue weighted by atomic mass is 16.4. The van der Waals surface area contributed by atoms with Gasteiger partial charge in [-0.1, -0.05) is 30.3 Å². The van der Waals surface area contributed by atoms with E-state index in [1.807, 2.05) is 18.2 Å². The van der Waals surface area contributed by atoms with Gasteiger partial charge in [-0.3, -0.25) is 0 Å². The van der Waals surface area contributed by atoms with E-state index in [1.165, 1.54) is 17.8 Å². The number of nitrogen functional groups attached to an aromatic ring is 1. The second kappa shape index (κ2) is 5.44. The fourth-order valence-electron chi connectivity index (χ4n) is 2.85. The molecule has 0 bridgehead atoms. The Morgan fingerprint density at radius 2 is 2.05 bits per heavy atom. The zero-order chi connectivity index (χ0) is 14.8. The van der Waals surface area contributed by atoms with Gasteiger partial charge in [0.2, 0.25) is 0 Å². The zero-order valence-electron chi connectivity index (χ0n) is 11.6. The standard InChI is InChI=1S/C16H17N3O2/c17-14-13(16(20)21)6-8-18-15(14)19-9-7-12(10-19)11-4-2-1-3-5-11/h1-6,8,12H,7,9-10,17H2,(H,20,21). The van der Waals surface area contributed by atoms with Crippen molar-refractivity contribution in [2.45, 2.75) is 12.3 Å². The van der Waals surface area contributed by atoms with Gasteiger partial charge >= 0.3 is 5.97 Å². The van der Waals surface area contributed by atoms with Crippen molar-refractivity contribution in [3.8, 4) is 0 Å². The molecule has 2 aromatic rings. The van der Waals surface area contributed by atoms with Gasteiger partial charge in [0.05, 0.1) is 11.3 Å². The summed E-state index contributed by atoms with van der Waals surface area (Å²) in [4.78, 5) is 17.5. The first-order chi connectivity index (χ1) is 10.2. The molecule has 1 unspecified atom stereocenters. The molecule has 0 spiro atoms. The third kappa shape index (κ3) is 2.54. The van der Waals surface area contributed by atoms with E-state index in [4.69, 9.17) is 10.8 Å². The molecule has 1 aliphatic rings. The van der Waals surface area contributed by atoms with E-state index in [1.54, 1.807) is 0 Å². The van der Waals surface area contributed by atoms with Crippen LogP contribution in [0.25, 0.3) is 0 Å². The third-order valence-electron chi connectivity index (χ3n) is 3.96. The lowest BCUT2D eigenvalue weighted by atomic mass is 9.99. The minimum Gasteiger partial charge on any atom is -0.478 e. The quantitative estimate of drug-likeness (QED) is 0.904. The lowest BCUT2D eigenvalue weighted by Gasteiger charge is -2.20. The van der Waals surface area contributed by atoms with Crippen LogP contribution >= 0.6 is 0 Å². The molecule has 1 aromatic heterocycles. The van der Waals surface area contributed by atoms with Crippen molar-refractivity contribution in [1.29, 1.82) is 0 Å². The Hall–Kier alpha value is -2.56. The number of anilines is 2. The molecule has 1 atom stereocenters. The summed E-state index contributed by atoms with van der Waals surface area (Å²) in [5, 5.41) is 9.14. The number of pyridine rings is 1. The molecular weight excluding hydrogens is 266 g/mol. The summed E-state index contributed by atoms with van der Waals surface area (Å²) >= 11 is 0. The van der Waals surface area contributed by atoms with Crippen LogP contribution < -0.4 is 10.6 Å². The van der Waals surface area contributed by atoms with Crippen LogP contribution in [0, 0.1) is 0 Å². The Morgan fingerprint density at radius 3 is 2.76 bits per heavy atom. The van der Waals surface area contributed by atoms with Crippen LogP contribution in [-0.4, -0.2) is 29.1 Å². The molecule has 108 valence electrons. The van der Waals surface area contributed by atoms with E-state index in [0.717, 1.165) is 19.5 Å². The van der Waals surface area contributed by atoms with Crippen LogP contribution in [0.15, 0.2) is 42.6 Å². The summed E-state index contributed by atoms with van der Waals surface area (Å²) in [5.41, 5.74) is 7.63. The van der Waals surface area contributed by atoms with Gasteiger partial charge in [-0.15, -0.1) is 0 Å². The van der Waals surface area contributed by atoms with E-state index in [-0.39, 0.29) is 11.3 Å². The predicted octanol–water partition coefficient (Wildman–Crippen LogP) is 2.36. The number of hydrogen-bond acceptors (Lipinski definition) is 4. The Balaban J connectivity index is 1.84. The number of rotatable bonds is 3. The minimum absolute atomic E-state index is 0.114. The van der Waals surface area contributed by atoms with E-state index in [9.17, 15) is 4.79 Å². The number of hydrogen-bond donors (Lipinski definition) is 2. The number of nitrogens with zero attached hydrogens (tertiary/aromatic N) is 2. The topological polar surface area (TPSA) is 79.5 Å². The van der Waals surface area contributed by atoms with E-state index < -0.39 is 5.97 Å². The van der Waals surface area contributed by atoms with E-state index >= 15 is 0 Å². The third-order valence-corrected chi connectivity index (χ3v) is 3.96. The molecule has 5 nitrogen and oxygen atoms in total. The summed E-state index contributed by atoms with van der Waals surface area (Å²) in [6.07, 6.45) is 2.52. The Labute approximate surface area is 123 Å². The van der Waals surface area contributed by atoms with Crippen molar-refractivity contribution in [1.82, 2.24) is 4.98 Å². The highest BCUT2D eigenvalue weighted by Gasteiger charge is 2.27. The Morgan fingerprint density at radius 1 is 1.29 bits per heavy atom. The molecule has 3 N–H and O–H groups in total. The van der Waals surface area contributed by atoms with Crippen LogP contribution in [0.1, 0.15) is 28.3 Å². The maximum atomic E-state index is 11.1. The molecule has 1 fully saturated rings. The predicted molar refractivity (Wildman–Crippen MR) is 81.6 cm³/mol. The minimum atomic E-state index is -1.02. The average molecular weight is 283 g/mol. The van der Waals surface area contributed by atoms with Gasteiger partial charge < -0.3 is 15.7 Å². The second-order valence-electron chi connectivity index (χ2n) is 5.24. The second-order valence-corrected chi connectivity index (χ2v) is 5.24. The van der Waals surface area contributed by atoms with Crippen molar-refractivity contribution in [3.05, 3.63) is 53.7 Å². The zero-order valence-corrected chi connectivity index (χ0v) is 11.6. The Bertz CT molecular complexity index is 658. The van der Waals surface area contributed by atoms with Crippen molar-refractivity contribution in [2.75, 3.05) is 23.7 Å². The maximum absolute atomic E-state index is 11.1. The fraction of sp³-hybridized carbons (Fsp3) is 0.250. The summed E-state index contributed by atoms with van der Waals surface area (Å²) in [5.74, 6) is -0.0100. The number of nitrogens with two attached hydrogens (primary N) is 1. The number of aromatic carboxylic acids is 1. The summed E-state index contributed by atoms with van der Waals surface area (Å²) in [7, 11) is 0. The molecule has 2 heterocycles. The summed E-state index contributed by atoms with van der Waals surface area (Å²) in [6, 6.07) is 11.8. The van der Waals surface area contributed by atoms with Crippen LogP contribution in [0.3, 0.4) is 0 Å². The lowest BCUT2D eigenvalue weighted by molar-refractivity contribution is 0.0698. The molecule has 21 heavy (non-hydrogen) atoms. The first-order valence-electron chi connectivity index (χ1n) is 6.94. The average Bonchev–Trinajstić information content (AvgIpc) is 2.98. The number of benzene rings is 1. The molecule has 5 heteroatoms. The SMILES string of the molecule is Nc1c(C(=O)O)ccnc1N1CCC(c2ccccc2)C1. The smallest absolute Gasteiger partial charge is 0.337 e.